The highest BCUT2D eigenvalue weighted by molar-refractivity contribution is 5.69. The van der Waals surface area contributed by atoms with Crippen LogP contribution in [-0.2, 0) is 0 Å². The summed E-state index contributed by atoms with van der Waals surface area (Å²) in [6.45, 7) is 3.10. The number of hydrogen-bond donors (Lipinski definition) is 1. The van der Waals surface area contributed by atoms with Crippen molar-refractivity contribution in [3.05, 3.63) is 23.6 Å². The van der Waals surface area contributed by atoms with Gasteiger partial charge in [0.05, 0.1) is 5.69 Å². The van der Waals surface area contributed by atoms with E-state index in [0.29, 0.717) is 6.04 Å². The Morgan fingerprint density at radius 1 is 1.62 bits per heavy atom. The summed E-state index contributed by atoms with van der Waals surface area (Å²) in [6, 6.07) is 2.54. The van der Waals surface area contributed by atoms with Crippen LogP contribution in [0.5, 0.6) is 0 Å². The molecule has 0 aromatic carbocycles. The fraction of sp³-hybridized carbons (Fsp3) is 0.500. The van der Waals surface area contributed by atoms with E-state index >= 15 is 0 Å². The van der Waals surface area contributed by atoms with E-state index in [1.165, 1.54) is 12.0 Å². The summed E-state index contributed by atoms with van der Waals surface area (Å²) in [4.78, 5) is 0. The van der Waals surface area contributed by atoms with E-state index in [-0.39, 0.29) is 0 Å². The molecule has 0 radical (unpaired) electrons. The van der Waals surface area contributed by atoms with E-state index in [1.54, 1.807) is 0 Å². The van der Waals surface area contributed by atoms with Gasteiger partial charge in [-0.25, -0.2) is 0 Å². The molecule has 2 unspecified atom stereocenters. The second-order valence-electron chi connectivity index (χ2n) is 3.87. The summed E-state index contributed by atoms with van der Waals surface area (Å²) in [5, 5.41) is 7.31. The molecule has 0 spiro atoms. The number of hydrogen-bond acceptors (Lipinski definition) is 3. The number of aryl methyl sites for hydroxylation is 1. The van der Waals surface area contributed by atoms with Crippen LogP contribution in [0.2, 0.25) is 0 Å². The first kappa shape index (κ1) is 7.33. The highest BCUT2D eigenvalue weighted by Crippen LogP contribution is 2.37. The van der Waals surface area contributed by atoms with Gasteiger partial charge in [-0.05, 0) is 19.3 Å². The monoisotopic (exact) mass is 176 g/mol. The molecular weight excluding hydrogens is 164 g/mol. The lowest BCUT2D eigenvalue weighted by molar-refractivity contribution is 0.301. The quantitative estimate of drug-likeness (QED) is 0.702. The lowest BCUT2D eigenvalue weighted by Gasteiger charge is -2.33. The number of aromatic nitrogens is 1. The van der Waals surface area contributed by atoms with Crippen LogP contribution >= 0.6 is 0 Å². The molecule has 1 aromatic rings. The molecule has 3 rings (SSSR count). The third kappa shape index (κ3) is 0.968. The van der Waals surface area contributed by atoms with Gasteiger partial charge >= 0.3 is 0 Å². The molecule has 68 valence electrons. The van der Waals surface area contributed by atoms with E-state index in [4.69, 9.17) is 4.52 Å². The van der Waals surface area contributed by atoms with Crippen LogP contribution in [0.4, 0.5) is 0 Å². The normalized spacial score (nSPS) is 31.0. The molecule has 1 aromatic heterocycles. The zero-order valence-electron chi connectivity index (χ0n) is 7.58. The molecule has 3 nitrogen and oxygen atoms in total. The van der Waals surface area contributed by atoms with Crippen LogP contribution < -0.4 is 5.32 Å². The summed E-state index contributed by atoms with van der Waals surface area (Å²) in [5.74, 6) is 1.75. The Kier molecular flexibility index (Phi) is 1.38. The maximum Gasteiger partial charge on any atom is 0.164 e. The molecule has 1 N–H and O–H groups in total. The average Bonchev–Trinajstić information content (AvgIpc) is 2.57. The Balaban J connectivity index is 1.93. The Morgan fingerprint density at radius 2 is 2.54 bits per heavy atom. The molecule has 1 fully saturated rings. The molecule has 0 amide bonds. The summed E-state index contributed by atoms with van der Waals surface area (Å²) < 4.78 is 5.24. The Bertz CT molecular complexity index is 367. The van der Waals surface area contributed by atoms with Crippen molar-refractivity contribution in [1.29, 1.82) is 0 Å². The number of fused-ring (bicyclic) bond motifs is 1. The van der Waals surface area contributed by atoms with Gasteiger partial charge in [0.15, 0.2) is 5.76 Å². The second kappa shape index (κ2) is 2.45. The van der Waals surface area contributed by atoms with Crippen molar-refractivity contribution in [2.24, 2.45) is 5.92 Å². The summed E-state index contributed by atoms with van der Waals surface area (Å²) >= 11 is 0. The molecule has 2 heterocycles. The van der Waals surface area contributed by atoms with Gasteiger partial charge in [-0.1, -0.05) is 11.2 Å². The Hall–Kier alpha value is -1.09. The molecule has 2 aliphatic rings. The first-order valence-corrected chi connectivity index (χ1v) is 4.72. The molecule has 1 aliphatic heterocycles. The van der Waals surface area contributed by atoms with Crippen LogP contribution in [0.15, 0.2) is 16.7 Å². The van der Waals surface area contributed by atoms with E-state index in [0.717, 1.165) is 23.9 Å². The first-order valence-electron chi connectivity index (χ1n) is 4.72. The van der Waals surface area contributed by atoms with Crippen LogP contribution in [-0.4, -0.2) is 17.7 Å². The molecular formula is C10H12N2O. The van der Waals surface area contributed by atoms with Gasteiger partial charge in [-0.2, -0.15) is 0 Å². The summed E-state index contributed by atoms with van der Waals surface area (Å²) in [6.07, 6.45) is 3.46. The lowest BCUT2D eigenvalue weighted by Crippen LogP contribution is -2.50. The van der Waals surface area contributed by atoms with Crippen LogP contribution in [0.1, 0.15) is 17.9 Å². The third-order valence-electron chi connectivity index (χ3n) is 2.96. The van der Waals surface area contributed by atoms with Gasteiger partial charge in [0.2, 0.25) is 0 Å². The van der Waals surface area contributed by atoms with Crippen molar-refractivity contribution in [3.8, 4) is 0 Å². The lowest BCUT2D eigenvalue weighted by atomic mass is 9.90. The first-order chi connectivity index (χ1) is 6.34. The van der Waals surface area contributed by atoms with Crippen molar-refractivity contribution < 1.29 is 4.52 Å². The smallest absolute Gasteiger partial charge is 0.164 e. The molecule has 0 bridgehead atoms. The SMILES string of the molecule is Cc1cc(C2=CCC3CNC23)on1. The number of allylic oxidation sites excluding steroid dienone is 1. The van der Waals surface area contributed by atoms with Gasteiger partial charge in [0.25, 0.3) is 0 Å². The fourth-order valence-corrected chi connectivity index (χ4v) is 2.14. The topological polar surface area (TPSA) is 38.1 Å². The van der Waals surface area contributed by atoms with Crippen molar-refractivity contribution in [1.82, 2.24) is 10.5 Å². The van der Waals surface area contributed by atoms with Crippen molar-refractivity contribution in [2.75, 3.05) is 6.54 Å². The Morgan fingerprint density at radius 3 is 3.08 bits per heavy atom. The van der Waals surface area contributed by atoms with E-state index in [1.807, 2.05) is 13.0 Å². The molecule has 13 heavy (non-hydrogen) atoms. The zero-order valence-corrected chi connectivity index (χ0v) is 7.58. The van der Waals surface area contributed by atoms with E-state index in [9.17, 15) is 0 Å². The number of rotatable bonds is 1. The highest BCUT2D eigenvalue weighted by Gasteiger charge is 2.38. The standard InChI is InChI=1S/C10H12N2O/c1-6-4-9(13-12-6)8-3-2-7-5-11-10(7)8/h3-4,7,10-11H,2,5H2,1H3. The highest BCUT2D eigenvalue weighted by atomic mass is 16.5. The van der Waals surface area contributed by atoms with Crippen LogP contribution in [0, 0.1) is 12.8 Å². The fourth-order valence-electron chi connectivity index (χ4n) is 2.14. The van der Waals surface area contributed by atoms with Gasteiger partial charge < -0.3 is 9.84 Å². The second-order valence-corrected chi connectivity index (χ2v) is 3.87. The van der Waals surface area contributed by atoms with Gasteiger partial charge in [0.1, 0.15) is 0 Å². The Labute approximate surface area is 76.8 Å². The van der Waals surface area contributed by atoms with E-state index < -0.39 is 0 Å². The minimum absolute atomic E-state index is 0.535. The average molecular weight is 176 g/mol. The molecule has 1 saturated heterocycles. The number of nitrogens with zero attached hydrogens (tertiary/aromatic N) is 1. The number of nitrogens with one attached hydrogen (secondary N) is 1. The molecule has 0 saturated carbocycles. The van der Waals surface area contributed by atoms with Crippen LogP contribution in [0.3, 0.4) is 0 Å². The van der Waals surface area contributed by atoms with Gasteiger partial charge in [-0.15, -0.1) is 0 Å². The molecule has 1 aliphatic carbocycles. The molecule has 2 atom stereocenters. The minimum Gasteiger partial charge on any atom is -0.356 e. The minimum atomic E-state index is 0.535. The maximum absolute atomic E-state index is 5.24. The van der Waals surface area contributed by atoms with E-state index in [2.05, 4.69) is 16.5 Å². The van der Waals surface area contributed by atoms with Crippen LogP contribution in [0.25, 0.3) is 5.57 Å². The summed E-state index contributed by atoms with van der Waals surface area (Å²) in [5.41, 5.74) is 2.26. The predicted octanol–water partition coefficient (Wildman–Crippen LogP) is 1.36. The third-order valence-corrected chi connectivity index (χ3v) is 2.96. The maximum atomic E-state index is 5.24. The van der Waals surface area contributed by atoms with Crippen molar-refractivity contribution >= 4 is 5.57 Å². The van der Waals surface area contributed by atoms with Crippen molar-refractivity contribution in [2.45, 2.75) is 19.4 Å². The van der Waals surface area contributed by atoms with Gasteiger partial charge in [-0.3, -0.25) is 0 Å². The van der Waals surface area contributed by atoms with Crippen molar-refractivity contribution in [3.63, 3.8) is 0 Å². The predicted molar refractivity (Wildman–Crippen MR) is 49.1 cm³/mol. The summed E-state index contributed by atoms with van der Waals surface area (Å²) in [7, 11) is 0. The largest absolute Gasteiger partial charge is 0.356 e. The zero-order chi connectivity index (χ0) is 8.84. The molecule has 3 heteroatoms. The van der Waals surface area contributed by atoms with Gasteiger partial charge in [0, 0.05) is 24.2 Å².